The summed E-state index contributed by atoms with van der Waals surface area (Å²) in [6.45, 7) is 3.07. The molecule has 0 fully saturated rings. The van der Waals surface area contributed by atoms with E-state index in [0.717, 1.165) is 17.0 Å². The monoisotopic (exact) mass is 392 g/mol. The zero-order valence-electron chi connectivity index (χ0n) is 14.9. The van der Waals surface area contributed by atoms with Gasteiger partial charge in [-0.25, -0.2) is 4.79 Å². The van der Waals surface area contributed by atoms with Gasteiger partial charge in [0.25, 0.3) is 11.6 Å². The maximum absolute atomic E-state index is 11.9. The average Bonchev–Trinajstić information content (AvgIpc) is 2.83. The molecule has 0 bridgehead atoms. The van der Waals surface area contributed by atoms with Gasteiger partial charge in [0.15, 0.2) is 6.61 Å². The second-order valence-electron chi connectivity index (χ2n) is 5.62. The molecule has 0 aliphatic heterocycles. The van der Waals surface area contributed by atoms with Gasteiger partial charge in [0.1, 0.15) is 5.69 Å². The molecule has 0 unspecified atom stereocenters. The normalized spacial score (nSPS) is 10.8. The van der Waals surface area contributed by atoms with Crippen molar-refractivity contribution < 1.29 is 19.2 Å². The van der Waals surface area contributed by atoms with Crippen LogP contribution in [0.1, 0.15) is 17.0 Å². The molecule has 1 aromatic heterocycles. The molecule has 9 nitrogen and oxygen atoms in total. The number of nitrogens with zero attached hydrogens (tertiary/aromatic N) is 3. The van der Waals surface area contributed by atoms with Crippen LogP contribution in [0.5, 0.6) is 0 Å². The Morgan fingerprint density at radius 2 is 2.11 bits per heavy atom. The van der Waals surface area contributed by atoms with E-state index in [4.69, 9.17) is 16.3 Å². The molecule has 142 valence electrons. The van der Waals surface area contributed by atoms with Crippen molar-refractivity contribution in [2.45, 2.75) is 13.8 Å². The van der Waals surface area contributed by atoms with E-state index in [1.807, 2.05) is 13.8 Å². The van der Waals surface area contributed by atoms with Crippen LogP contribution in [0.15, 0.2) is 24.3 Å². The average molecular weight is 393 g/mol. The van der Waals surface area contributed by atoms with Crippen LogP contribution in [-0.4, -0.2) is 33.2 Å². The smallest absolute Gasteiger partial charge is 0.331 e. The molecule has 0 radical (unpaired) electrons. The van der Waals surface area contributed by atoms with Crippen molar-refractivity contribution in [3.8, 4) is 0 Å². The molecule has 0 aliphatic carbocycles. The highest BCUT2D eigenvalue weighted by atomic mass is 35.5. The van der Waals surface area contributed by atoms with Gasteiger partial charge in [-0.3, -0.25) is 19.6 Å². The van der Waals surface area contributed by atoms with Crippen molar-refractivity contribution in [2.75, 3.05) is 11.9 Å². The first-order valence-corrected chi connectivity index (χ1v) is 8.15. The Morgan fingerprint density at radius 1 is 1.41 bits per heavy atom. The molecule has 1 N–H and O–H groups in total. The van der Waals surface area contributed by atoms with Gasteiger partial charge in [0, 0.05) is 35.5 Å². The quantitative estimate of drug-likeness (QED) is 0.349. The number of nitrogens with one attached hydrogen (secondary N) is 1. The number of nitro groups is 1. The first-order chi connectivity index (χ1) is 12.7. The van der Waals surface area contributed by atoms with Crippen molar-refractivity contribution in [3.63, 3.8) is 0 Å². The van der Waals surface area contributed by atoms with Crippen LogP contribution in [0.4, 0.5) is 11.4 Å². The third-order valence-electron chi connectivity index (χ3n) is 3.73. The lowest BCUT2D eigenvalue weighted by atomic mass is 10.2. The fraction of sp³-hybridized carbons (Fsp3) is 0.235. The van der Waals surface area contributed by atoms with Gasteiger partial charge in [0.05, 0.1) is 10.6 Å². The number of amides is 1. The summed E-state index contributed by atoms with van der Waals surface area (Å²) in [5.41, 5.74) is 2.02. The largest absolute Gasteiger partial charge is 0.452 e. The van der Waals surface area contributed by atoms with E-state index in [0.29, 0.717) is 0 Å². The lowest BCUT2D eigenvalue weighted by Crippen LogP contribution is -2.20. The Labute approximate surface area is 159 Å². The highest BCUT2D eigenvalue weighted by molar-refractivity contribution is 6.31. The van der Waals surface area contributed by atoms with E-state index in [2.05, 4.69) is 10.4 Å². The van der Waals surface area contributed by atoms with E-state index in [9.17, 15) is 19.7 Å². The summed E-state index contributed by atoms with van der Waals surface area (Å²) in [6.07, 6.45) is 2.74. The fourth-order valence-electron chi connectivity index (χ4n) is 2.32. The fourth-order valence-corrected chi connectivity index (χ4v) is 2.49. The number of hydrogen-bond donors (Lipinski definition) is 1. The summed E-state index contributed by atoms with van der Waals surface area (Å²) in [6, 6.07) is 3.75. The second-order valence-corrected chi connectivity index (χ2v) is 6.05. The molecule has 1 aromatic carbocycles. The summed E-state index contributed by atoms with van der Waals surface area (Å²) >= 11 is 5.78. The van der Waals surface area contributed by atoms with Crippen LogP contribution in [0.2, 0.25) is 5.02 Å². The molecule has 0 saturated heterocycles. The summed E-state index contributed by atoms with van der Waals surface area (Å²) in [5.74, 6) is -1.45. The number of esters is 1. The van der Waals surface area contributed by atoms with Gasteiger partial charge >= 0.3 is 5.97 Å². The molecule has 10 heteroatoms. The number of rotatable bonds is 6. The van der Waals surface area contributed by atoms with E-state index in [1.54, 1.807) is 17.8 Å². The topological polar surface area (TPSA) is 116 Å². The third kappa shape index (κ3) is 5.14. The Kier molecular flexibility index (Phi) is 6.30. The number of nitro benzene ring substituents is 1. The Bertz CT molecular complexity index is 936. The summed E-state index contributed by atoms with van der Waals surface area (Å²) in [4.78, 5) is 34.0. The zero-order chi connectivity index (χ0) is 20.1. The minimum Gasteiger partial charge on any atom is -0.452 e. The number of aromatic nitrogens is 2. The lowest BCUT2D eigenvalue weighted by molar-refractivity contribution is -0.383. The maximum atomic E-state index is 11.9. The molecule has 2 rings (SSSR count). The molecule has 1 amide bonds. The lowest BCUT2D eigenvalue weighted by Gasteiger charge is -2.06. The highest BCUT2D eigenvalue weighted by Crippen LogP contribution is 2.27. The molecule has 2 aromatic rings. The minimum atomic E-state index is -0.728. The molecular formula is C17H17ClN4O5. The number of hydrogen-bond acceptors (Lipinski definition) is 6. The summed E-state index contributed by atoms with van der Waals surface area (Å²) in [5, 5.41) is 17.7. The predicted molar refractivity (Wildman–Crippen MR) is 99.4 cm³/mol. The molecule has 0 spiro atoms. The van der Waals surface area contributed by atoms with E-state index >= 15 is 0 Å². The third-order valence-corrected chi connectivity index (χ3v) is 3.96. The van der Waals surface area contributed by atoms with Crippen LogP contribution >= 0.6 is 11.6 Å². The Morgan fingerprint density at radius 3 is 2.70 bits per heavy atom. The van der Waals surface area contributed by atoms with Gasteiger partial charge in [-0.05, 0) is 32.1 Å². The number of carbonyl (C=O) groups is 2. The number of ether oxygens (including phenoxy) is 1. The van der Waals surface area contributed by atoms with Crippen LogP contribution in [-0.2, 0) is 21.4 Å². The van der Waals surface area contributed by atoms with Crippen molar-refractivity contribution in [2.24, 2.45) is 7.05 Å². The van der Waals surface area contributed by atoms with Crippen LogP contribution < -0.4 is 5.32 Å². The molecule has 0 atom stereocenters. The number of aryl methyl sites for hydroxylation is 2. The van der Waals surface area contributed by atoms with E-state index in [1.165, 1.54) is 24.3 Å². The predicted octanol–water partition coefficient (Wildman–Crippen LogP) is 2.79. The van der Waals surface area contributed by atoms with Gasteiger partial charge < -0.3 is 10.1 Å². The van der Waals surface area contributed by atoms with E-state index in [-0.39, 0.29) is 16.4 Å². The molecule has 1 heterocycles. The highest BCUT2D eigenvalue weighted by Gasteiger charge is 2.17. The molecule has 0 saturated carbocycles. The van der Waals surface area contributed by atoms with Gasteiger partial charge in [-0.15, -0.1) is 0 Å². The summed E-state index contributed by atoms with van der Waals surface area (Å²) < 4.78 is 6.53. The molecule has 0 aliphatic rings. The van der Waals surface area contributed by atoms with Crippen molar-refractivity contribution in [1.29, 1.82) is 0 Å². The number of benzene rings is 1. The summed E-state index contributed by atoms with van der Waals surface area (Å²) in [7, 11) is 1.79. The second kappa shape index (κ2) is 8.45. The zero-order valence-corrected chi connectivity index (χ0v) is 15.6. The minimum absolute atomic E-state index is 0.0781. The van der Waals surface area contributed by atoms with Crippen LogP contribution in [0.3, 0.4) is 0 Å². The van der Waals surface area contributed by atoms with Crippen LogP contribution in [0.25, 0.3) is 6.08 Å². The first-order valence-electron chi connectivity index (χ1n) is 7.78. The molecule has 27 heavy (non-hydrogen) atoms. The SMILES string of the molecule is Cc1nn(C)c(C)c1/C=C/C(=O)OCC(=O)Nc1cc(Cl)ccc1[N+](=O)[O-]. The van der Waals surface area contributed by atoms with E-state index < -0.39 is 23.4 Å². The van der Waals surface area contributed by atoms with Crippen molar-refractivity contribution in [1.82, 2.24) is 9.78 Å². The van der Waals surface area contributed by atoms with Crippen LogP contribution in [0, 0.1) is 24.0 Å². The van der Waals surface area contributed by atoms with Crippen molar-refractivity contribution in [3.05, 3.63) is 56.4 Å². The Hall–Kier alpha value is -3.20. The number of halogens is 1. The molecular weight excluding hydrogens is 376 g/mol. The first kappa shape index (κ1) is 20.1. The van der Waals surface area contributed by atoms with Gasteiger partial charge in [-0.2, -0.15) is 5.10 Å². The Balaban J connectivity index is 1.96. The van der Waals surface area contributed by atoms with Gasteiger partial charge in [0.2, 0.25) is 0 Å². The van der Waals surface area contributed by atoms with Gasteiger partial charge in [-0.1, -0.05) is 11.6 Å². The maximum Gasteiger partial charge on any atom is 0.331 e. The van der Waals surface area contributed by atoms with Crippen molar-refractivity contribution >= 4 is 40.9 Å². The standard InChI is InChI=1S/C17H17ClN4O5/c1-10-13(11(2)21(3)20-10)5-7-17(24)27-9-16(23)19-14-8-12(18)4-6-15(14)22(25)26/h4-8H,9H2,1-3H3,(H,19,23)/b7-5+. The number of carbonyl (C=O) groups excluding carboxylic acids is 2. The number of anilines is 1.